The number of rotatable bonds is 6. The van der Waals surface area contributed by atoms with Crippen molar-refractivity contribution in [3.8, 4) is 23.0 Å². The Morgan fingerprint density at radius 3 is 2.35 bits per heavy atom. The first-order valence-corrected chi connectivity index (χ1v) is 11.7. The molecule has 0 bridgehead atoms. The molecular formula is C23H18N4O6S. The molecule has 0 spiro atoms. The predicted octanol–water partition coefficient (Wildman–Crippen LogP) is 3.56. The molecule has 10 nitrogen and oxygen atoms in total. The summed E-state index contributed by atoms with van der Waals surface area (Å²) in [6.07, 6.45) is 0. The molecule has 0 saturated carbocycles. The van der Waals surface area contributed by atoms with Crippen LogP contribution in [-0.4, -0.2) is 37.7 Å². The van der Waals surface area contributed by atoms with E-state index in [4.69, 9.17) is 13.9 Å². The number of benzene rings is 3. The standard InChI is InChI=1S/C23H18N4O6S/c28-21(15-6-9-17(10-7-15)27-34(29,30)18-4-2-1-3-5-18)24-23-26-25-22(33-23)16-8-11-19-20(14-16)32-13-12-31-19/h1-11,14,27H,12-13H2,(H,24,26,28). The second-order valence-corrected chi connectivity index (χ2v) is 8.90. The van der Waals surface area contributed by atoms with Gasteiger partial charge < -0.3 is 13.9 Å². The number of nitrogens with zero attached hydrogens (tertiary/aromatic N) is 2. The molecule has 1 aliphatic rings. The van der Waals surface area contributed by atoms with Crippen LogP contribution in [0.15, 0.2) is 82.1 Å². The lowest BCUT2D eigenvalue weighted by Crippen LogP contribution is -2.15. The van der Waals surface area contributed by atoms with Gasteiger partial charge in [0, 0.05) is 16.8 Å². The zero-order chi connectivity index (χ0) is 23.5. The molecule has 1 aromatic heterocycles. The van der Waals surface area contributed by atoms with Crippen LogP contribution in [0.4, 0.5) is 11.7 Å². The highest BCUT2D eigenvalue weighted by molar-refractivity contribution is 7.92. The van der Waals surface area contributed by atoms with Crippen molar-refractivity contribution in [1.29, 1.82) is 0 Å². The molecule has 34 heavy (non-hydrogen) atoms. The number of hydrogen-bond acceptors (Lipinski definition) is 8. The zero-order valence-electron chi connectivity index (χ0n) is 17.6. The Bertz CT molecular complexity index is 1440. The second kappa shape index (κ2) is 8.87. The van der Waals surface area contributed by atoms with Crippen LogP contribution in [0.5, 0.6) is 11.5 Å². The minimum Gasteiger partial charge on any atom is -0.486 e. The van der Waals surface area contributed by atoms with Crippen LogP contribution in [0.2, 0.25) is 0 Å². The Morgan fingerprint density at radius 1 is 0.853 bits per heavy atom. The van der Waals surface area contributed by atoms with Crippen LogP contribution in [-0.2, 0) is 10.0 Å². The second-order valence-electron chi connectivity index (χ2n) is 7.22. The molecule has 0 atom stereocenters. The first-order valence-electron chi connectivity index (χ1n) is 10.2. The molecule has 1 aliphatic heterocycles. The molecule has 2 N–H and O–H groups in total. The number of sulfonamides is 1. The maximum Gasteiger partial charge on any atom is 0.322 e. The van der Waals surface area contributed by atoms with Gasteiger partial charge in [-0.3, -0.25) is 14.8 Å². The van der Waals surface area contributed by atoms with Crippen molar-refractivity contribution < 1.29 is 27.1 Å². The van der Waals surface area contributed by atoms with Gasteiger partial charge in [-0.1, -0.05) is 23.3 Å². The molecule has 0 fully saturated rings. The molecule has 172 valence electrons. The van der Waals surface area contributed by atoms with Crippen molar-refractivity contribution in [3.05, 3.63) is 78.4 Å². The minimum absolute atomic E-state index is 0.0799. The van der Waals surface area contributed by atoms with E-state index in [1.165, 1.54) is 36.4 Å². The number of carbonyl (C=O) groups excluding carboxylic acids is 1. The van der Waals surface area contributed by atoms with Crippen LogP contribution in [0.1, 0.15) is 10.4 Å². The third kappa shape index (κ3) is 4.55. The van der Waals surface area contributed by atoms with E-state index >= 15 is 0 Å². The summed E-state index contributed by atoms with van der Waals surface area (Å²) in [5.41, 5.74) is 1.22. The predicted molar refractivity (Wildman–Crippen MR) is 122 cm³/mol. The van der Waals surface area contributed by atoms with Crippen molar-refractivity contribution in [2.24, 2.45) is 0 Å². The number of hydrogen-bond donors (Lipinski definition) is 2. The smallest absolute Gasteiger partial charge is 0.322 e. The van der Waals surface area contributed by atoms with Gasteiger partial charge in [-0.15, -0.1) is 5.10 Å². The third-order valence-electron chi connectivity index (χ3n) is 4.89. The molecule has 3 aromatic carbocycles. The fraction of sp³-hybridized carbons (Fsp3) is 0.0870. The Morgan fingerprint density at radius 2 is 1.59 bits per heavy atom. The average Bonchev–Trinajstić information content (AvgIpc) is 3.33. The molecule has 1 amide bonds. The van der Waals surface area contributed by atoms with Gasteiger partial charge in [0.15, 0.2) is 11.5 Å². The van der Waals surface area contributed by atoms with Crippen molar-refractivity contribution in [3.63, 3.8) is 0 Å². The third-order valence-corrected chi connectivity index (χ3v) is 6.28. The van der Waals surface area contributed by atoms with Crippen molar-refractivity contribution in [2.45, 2.75) is 4.90 Å². The molecular weight excluding hydrogens is 460 g/mol. The number of aromatic nitrogens is 2. The molecule has 2 heterocycles. The maximum absolute atomic E-state index is 12.6. The highest BCUT2D eigenvalue weighted by atomic mass is 32.2. The quantitative estimate of drug-likeness (QED) is 0.430. The summed E-state index contributed by atoms with van der Waals surface area (Å²) in [5.74, 6) is 0.931. The van der Waals surface area contributed by atoms with Gasteiger partial charge in [-0.05, 0) is 54.6 Å². The van der Waals surface area contributed by atoms with E-state index in [2.05, 4.69) is 20.2 Å². The lowest BCUT2D eigenvalue weighted by Gasteiger charge is -2.18. The Kier molecular flexibility index (Phi) is 5.60. The van der Waals surface area contributed by atoms with Crippen LogP contribution in [0, 0.1) is 0 Å². The monoisotopic (exact) mass is 478 g/mol. The molecule has 0 unspecified atom stereocenters. The Hall–Kier alpha value is -4.38. The van der Waals surface area contributed by atoms with Gasteiger partial charge in [0.2, 0.25) is 5.89 Å². The summed E-state index contributed by atoms with van der Waals surface area (Å²) < 4.78 is 43.9. The average molecular weight is 478 g/mol. The minimum atomic E-state index is -3.73. The molecule has 0 saturated heterocycles. The number of carbonyl (C=O) groups is 1. The highest BCUT2D eigenvalue weighted by Gasteiger charge is 2.18. The van der Waals surface area contributed by atoms with Crippen molar-refractivity contribution in [1.82, 2.24) is 10.2 Å². The van der Waals surface area contributed by atoms with Crippen molar-refractivity contribution >= 4 is 27.6 Å². The van der Waals surface area contributed by atoms with E-state index in [1.54, 1.807) is 36.4 Å². The number of amides is 1. The first kappa shape index (κ1) is 21.5. The summed E-state index contributed by atoms with van der Waals surface area (Å²) in [4.78, 5) is 12.7. The Balaban J connectivity index is 1.25. The summed E-state index contributed by atoms with van der Waals surface area (Å²) in [5, 5.41) is 10.3. The van der Waals surface area contributed by atoms with E-state index in [1.807, 2.05) is 0 Å². The lowest BCUT2D eigenvalue weighted by atomic mass is 10.2. The van der Waals surface area contributed by atoms with Gasteiger partial charge in [0.25, 0.3) is 15.9 Å². The topological polar surface area (TPSA) is 133 Å². The summed E-state index contributed by atoms with van der Waals surface area (Å²) >= 11 is 0. The Labute approximate surface area is 194 Å². The van der Waals surface area contributed by atoms with Crippen LogP contribution in [0.3, 0.4) is 0 Å². The lowest BCUT2D eigenvalue weighted by molar-refractivity contribution is 0.102. The fourth-order valence-electron chi connectivity index (χ4n) is 3.24. The number of fused-ring (bicyclic) bond motifs is 1. The van der Waals surface area contributed by atoms with Gasteiger partial charge >= 0.3 is 6.01 Å². The van der Waals surface area contributed by atoms with Gasteiger partial charge in [-0.2, -0.15) is 0 Å². The van der Waals surface area contributed by atoms with E-state index in [-0.39, 0.29) is 22.4 Å². The number of ether oxygens (including phenoxy) is 2. The molecule has 0 aliphatic carbocycles. The van der Waals surface area contributed by atoms with Crippen molar-refractivity contribution in [2.75, 3.05) is 23.3 Å². The summed E-state index contributed by atoms with van der Waals surface area (Å²) in [6.45, 7) is 0.942. The fourth-order valence-corrected chi connectivity index (χ4v) is 4.32. The largest absolute Gasteiger partial charge is 0.486 e. The number of nitrogens with one attached hydrogen (secondary N) is 2. The van der Waals surface area contributed by atoms with Gasteiger partial charge in [-0.25, -0.2) is 8.42 Å². The summed E-state index contributed by atoms with van der Waals surface area (Å²) in [6, 6.07) is 19.1. The van der Waals surface area contributed by atoms with E-state index in [0.29, 0.717) is 36.0 Å². The van der Waals surface area contributed by atoms with Crippen LogP contribution in [0.25, 0.3) is 11.5 Å². The number of anilines is 2. The maximum atomic E-state index is 12.6. The molecule has 4 aromatic rings. The first-order chi connectivity index (χ1) is 16.5. The van der Waals surface area contributed by atoms with Crippen LogP contribution >= 0.6 is 0 Å². The normalized spacial score (nSPS) is 12.7. The SMILES string of the molecule is O=C(Nc1nnc(-c2ccc3c(c2)OCCO3)o1)c1ccc(NS(=O)(=O)c2ccccc2)cc1. The van der Waals surface area contributed by atoms with Gasteiger partial charge in [0.05, 0.1) is 4.90 Å². The molecule has 0 radical (unpaired) electrons. The highest BCUT2D eigenvalue weighted by Crippen LogP contribution is 2.34. The molecule has 5 rings (SSSR count). The zero-order valence-corrected chi connectivity index (χ0v) is 18.4. The van der Waals surface area contributed by atoms with E-state index < -0.39 is 15.9 Å². The van der Waals surface area contributed by atoms with E-state index in [9.17, 15) is 13.2 Å². The summed E-state index contributed by atoms with van der Waals surface area (Å²) in [7, 11) is -3.73. The molecule has 11 heteroatoms. The van der Waals surface area contributed by atoms with Crippen LogP contribution < -0.4 is 19.5 Å². The van der Waals surface area contributed by atoms with E-state index in [0.717, 1.165) is 0 Å². The van der Waals surface area contributed by atoms with Gasteiger partial charge in [0.1, 0.15) is 13.2 Å².